The van der Waals surface area contributed by atoms with E-state index in [9.17, 15) is 13.2 Å². The van der Waals surface area contributed by atoms with Crippen molar-refractivity contribution in [1.82, 2.24) is 14.7 Å². The molecule has 0 saturated carbocycles. The fourth-order valence-corrected chi connectivity index (χ4v) is 3.15. The third kappa shape index (κ3) is 3.12. The molecule has 0 unspecified atom stereocenters. The van der Waals surface area contributed by atoms with Crippen LogP contribution in [-0.2, 0) is 7.05 Å². The summed E-state index contributed by atoms with van der Waals surface area (Å²) in [6.07, 6.45) is -4.19. The summed E-state index contributed by atoms with van der Waals surface area (Å²) in [4.78, 5) is 3.49. The smallest absolute Gasteiger partial charge is 0.352 e. The lowest BCUT2D eigenvalue weighted by Gasteiger charge is -2.38. The van der Waals surface area contributed by atoms with Gasteiger partial charge in [0.25, 0.3) is 0 Å². The van der Waals surface area contributed by atoms with E-state index < -0.39 is 12.2 Å². The summed E-state index contributed by atoms with van der Waals surface area (Å²) in [5, 5.41) is 6.07. The zero-order chi connectivity index (χ0) is 16.8. The molecule has 1 aliphatic heterocycles. The molecule has 2 heterocycles. The lowest BCUT2D eigenvalue weighted by Crippen LogP contribution is -2.53. The van der Waals surface area contributed by atoms with Crippen LogP contribution in [0.1, 0.15) is 6.92 Å². The minimum absolute atomic E-state index is 0.360. The summed E-state index contributed by atoms with van der Waals surface area (Å²) in [6, 6.07) is 4.14. The highest BCUT2D eigenvalue weighted by molar-refractivity contribution is 6.31. The Labute approximate surface area is 137 Å². The second-order valence-corrected chi connectivity index (χ2v) is 6.29. The van der Waals surface area contributed by atoms with E-state index in [1.165, 1.54) is 11.8 Å². The summed E-state index contributed by atoms with van der Waals surface area (Å²) in [6.45, 7) is 2.96. The van der Waals surface area contributed by atoms with Gasteiger partial charge < -0.3 is 4.90 Å². The van der Waals surface area contributed by atoms with Crippen molar-refractivity contribution in [2.45, 2.75) is 19.1 Å². The van der Waals surface area contributed by atoms with E-state index in [0.717, 1.165) is 16.7 Å². The number of hydrogen-bond acceptors (Lipinski definition) is 3. The first kappa shape index (κ1) is 16.4. The van der Waals surface area contributed by atoms with Gasteiger partial charge in [-0.15, -0.1) is 0 Å². The second-order valence-electron chi connectivity index (χ2n) is 5.85. The van der Waals surface area contributed by atoms with Gasteiger partial charge in [-0.25, -0.2) is 0 Å². The van der Waals surface area contributed by atoms with Gasteiger partial charge in [0, 0.05) is 43.6 Å². The molecule has 1 saturated heterocycles. The van der Waals surface area contributed by atoms with Crippen molar-refractivity contribution in [3.05, 3.63) is 23.2 Å². The van der Waals surface area contributed by atoms with E-state index in [1.54, 1.807) is 10.7 Å². The van der Waals surface area contributed by atoms with Crippen LogP contribution in [-0.4, -0.2) is 53.1 Å². The molecule has 0 bridgehead atoms. The first-order chi connectivity index (χ1) is 10.8. The first-order valence-corrected chi connectivity index (χ1v) is 7.83. The molecule has 0 aliphatic carbocycles. The number of benzene rings is 1. The van der Waals surface area contributed by atoms with Gasteiger partial charge in [-0.1, -0.05) is 11.6 Å². The maximum absolute atomic E-state index is 12.8. The van der Waals surface area contributed by atoms with Crippen molar-refractivity contribution in [2.75, 3.05) is 31.1 Å². The molecule has 8 heteroatoms. The number of aryl methyl sites for hydroxylation is 1. The minimum atomic E-state index is -4.19. The summed E-state index contributed by atoms with van der Waals surface area (Å²) in [5.74, 6) is 0.782. The fraction of sp³-hybridized carbons (Fsp3) is 0.533. The molecule has 0 N–H and O–H groups in total. The molecule has 126 valence electrons. The molecule has 0 amide bonds. The maximum atomic E-state index is 12.8. The standard InChI is InChI=1S/C15H18ClF3N4/c1-10(15(17,18)19)22-5-7-23(8-6-22)14-12-9-11(16)3-4-13(12)21(2)20-14/h3-4,9-10H,5-8H2,1-2H3/t10-/m1/s1. The van der Waals surface area contributed by atoms with Gasteiger partial charge in [0.1, 0.15) is 6.04 Å². The van der Waals surface area contributed by atoms with Crippen molar-refractivity contribution in [1.29, 1.82) is 0 Å². The third-order valence-corrected chi connectivity index (χ3v) is 4.66. The van der Waals surface area contributed by atoms with Crippen molar-refractivity contribution in [3.8, 4) is 0 Å². The Bertz CT molecular complexity index is 705. The molecular weight excluding hydrogens is 329 g/mol. The summed E-state index contributed by atoms with van der Waals surface area (Å²) < 4.78 is 40.2. The van der Waals surface area contributed by atoms with Gasteiger partial charge in [0.2, 0.25) is 0 Å². The Balaban J connectivity index is 1.79. The monoisotopic (exact) mass is 346 g/mol. The number of rotatable bonds is 2. The molecule has 0 spiro atoms. The van der Waals surface area contributed by atoms with E-state index in [2.05, 4.69) is 5.10 Å². The number of hydrogen-bond donors (Lipinski definition) is 0. The molecule has 1 atom stereocenters. The number of piperazine rings is 1. The van der Waals surface area contributed by atoms with Crippen LogP contribution in [0.3, 0.4) is 0 Å². The van der Waals surface area contributed by atoms with E-state index in [1.807, 2.05) is 24.1 Å². The Hall–Kier alpha value is -1.47. The van der Waals surface area contributed by atoms with Crippen LogP contribution >= 0.6 is 11.6 Å². The molecule has 3 rings (SSSR count). The quantitative estimate of drug-likeness (QED) is 0.834. The van der Waals surface area contributed by atoms with E-state index in [-0.39, 0.29) is 0 Å². The molecule has 1 aliphatic rings. The van der Waals surface area contributed by atoms with Gasteiger partial charge in [0.15, 0.2) is 5.82 Å². The predicted molar refractivity (Wildman–Crippen MR) is 85.0 cm³/mol. The first-order valence-electron chi connectivity index (χ1n) is 7.45. The molecule has 2 aromatic rings. The summed E-state index contributed by atoms with van der Waals surface area (Å²) in [7, 11) is 1.85. The van der Waals surface area contributed by atoms with Gasteiger partial charge >= 0.3 is 6.18 Å². The molecule has 0 radical (unpaired) electrons. The van der Waals surface area contributed by atoms with Gasteiger partial charge in [-0.2, -0.15) is 18.3 Å². The van der Waals surface area contributed by atoms with Crippen molar-refractivity contribution < 1.29 is 13.2 Å². The molecular formula is C15H18ClF3N4. The number of halogens is 4. The highest BCUT2D eigenvalue weighted by Gasteiger charge is 2.41. The van der Waals surface area contributed by atoms with Crippen LogP contribution in [0.2, 0.25) is 5.02 Å². The molecule has 23 heavy (non-hydrogen) atoms. The van der Waals surface area contributed by atoms with Gasteiger partial charge in [0.05, 0.1) is 5.52 Å². The van der Waals surface area contributed by atoms with Crippen molar-refractivity contribution in [2.24, 2.45) is 7.05 Å². The van der Waals surface area contributed by atoms with E-state index in [0.29, 0.717) is 31.2 Å². The lowest BCUT2D eigenvalue weighted by atomic mass is 10.2. The molecule has 4 nitrogen and oxygen atoms in total. The number of fused-ring (bicyclic) bond motifs is 1. The number of alkyl halides is 3. The largest absolute Gasteiger partial charge is 0.403 e. The Morgan fingerprint density at radius 2 is 1.83 bits per heavy atom. The Kier molecular flexibility index (Phi) is 4.18. The molecule has 1 aromatic carbocycles. The topological polar surface area (TPSA) is 24.3 Å². The van der Waals surface area contributed by atoms with Crippen LogP contribution in [0.5, 0.6) is 0 Å². The van der Waals surface area contributed by atoms with Crippen molar-refractivity contribution in [3.63, 3.8) is 0 Å². The average Bonchev–Trinajstić information content (AvgIpc) is 2.82. The lowest BCUT2D eigenvalue weighted by molar-refractivity contribution is -0.179. The van der Waals surface area contributed by atoms with Crippen LogP contribution in [0.15, 0.2) is 18.2 Å². The zero-order valence-corrected chi connectivity index (χ0v) is 13.7. The molecule has 1 aromatic heterocycles. The second kappa shape index (κ2) is 5.87. The van der Waals surface area contributed by atoms with E-state index in [4.69, 9.17) is 11.6 Å². The highest BCUT2D eigenvalue weighted by atomic mass is 35.5. The fourth-order valence-electron chi connectivity index (χ4n) is 2.98. The van der Waals surface area contributed by atoms with Crippen LogP contribution in [0, 0.1) is 0 Å². The van der Waals surface area contributed by atoms with E-state index >= 15 is 0 Å². The summed E-state index contributed by atoms with van der Waals surface area (Å²) in [5.41, 5.74) is 0.954. The van der Waals surface area contributed by atoms with Crippen LogP contribution < -0.4 is 4.90 Å². The Morgan fingerprint density at radius 3 is 2.43 bits per heavy atom. The highest BCUT2D eigenvalue weighted by Crippen LogP contribution is 2.30. The number of anilines is 1. The Morgan fingerprint density at radius 1 is 1.17 bits per heavy atom. The average molecular weight is 347 g/mol. The number of nitrogens with zero attached hydrogens (tertiary/aromatic N) is 4. The number of aromatic nitrogens is 2. The normalized spacial score (nSPS) is 18.6. The SMILES string of the molecule is C[C@@H](N1CCN(c2nn(C)c3ccc(Cl)cc23)CC1)C(F)(F)F. The van der Waals surface area contributed by atoms with Crippen molar-refractivity contribution >= 4 is 28.3 Å². The zero-order valence-electron chi connectivity index (χ0n) is 12.9. The minimum Gasteiger partial charge on any atom is -0.352 e. The maximum Gasteiger partial charge on any atom is 0.403 e. The summed E-state index contributed by atoms with van der Waals surface area (Å²) >= 11 is 6.06. The van der Waals surface area contributed by atoms with Crippen LogP contribution in [0.4, 0.5) is 19.0 Å². The third-order valence-electron chi connectivity index (χ3n) is 4.43. The predicted octanol–water partition coefficient (Wildman–Crippen LogP) is 3.30. The molecule has 1 fully saturated rings. The van der Waals surface area contributed by atoms with Crippen LogP contribution in [0.25, 0.3) is 10.9 Å². The van der Waals surface area contributed by atoms with Gasteiger partial charge in [-0.3, -0.25) is 9.58 Å². The van der Waals surface area contributed by atoms with Gasteiger partial charge in [-0.05, 0) is 25.1 Å².